The summed E-state index contributed by atoms with van der Waals surface area (Å²) in [6.45, 7) is 2.70. The predicted octanol–water partition coefficient (Wildman–Crippen LogP) is 2.89. The standard InChI is InChI=1S/C14H17N3OS2/c1-2-3-8-17(14(15)19)16-13(18)11-9-20-12-7-5-4-6-10(11)12/h4-7,9H,2-3,8H2,1H3,(H2,15,19)(H,16,18). The van der Waals surface area contributed by atoms with Crippen LogP contribution in [0.3, 0.4) is 0 Å². The van der Waals surface area contributed by atoms with Gasteiger partial charge < -0.3 is 5.73 Å². The molecule has 2 rings (SSSR count). The number of unbranched alkanes of at least 4 members (excludes halogenated alkanes) is 1. The van der Waals surface area contributed by atoms with E-state index in [0.29, 0.717) is 12.1 Å². The fourth-order valence-electron chi connectivity index (χ4n) is 1.87. The highest BCUT2D eigenvalue weighted by Crippen LogP contribution is 2.25. The number of nitrogens with one attached hydrogen (secondary N) is 1. The molecule has 0 unspecified atom stereocenters. The molecule has 0 saturated heterocycles. The summed E-state index contributed by atoms with van der Waals surface area (Å²) < 4.78 is 1.09. The van der Waals surface area contributed by atoms with Gasteiger partial charge in [0.05, 0.1) is 5.56 Å². The first-order chi connectivity index (χ1) is 9.63. The van der Waals surface area contributed by atoms with Crippen LogP contribution in [0.25, 0.3) is 10.1 Å². The third-order valence-electron chi connectivity index (χ3n) is 2.96. The molecule has 2 aromatic rings. The fraction of sp³-hybridized carbons (Fsp3) is 0.286. The first-order valence-corrected chi connectivity index (χ1v) is 7.76. The molecular weight excluding hydrogens is 290 g/mol. The van der Waals surface area contributed by atoms with Crippen LogP contribution in [0.4, 0.5) is 0 Å². The zero-order valence-electron chi connectivity index (χ0n) is 11.3. The number of carbonyl (C=O) groups excluding carboxylic acids is 1. The van der Waals surface area contributed by atoms with E-state index in [0.717, 1.165) is 22.9 Å². The minimum Gasteiger partial charge on any atom is -0.375 e. The maximum absolute atomic E-state index is 12.3. The molecule has 1 aromatic heterocycles. The Labute approximate surface area is 127 Å². The predicted molar refractivity (Wildman–Crippen MR) is 87.7 cm³/mol. The van der Waals surface area contributed by atoms with Crippen LogP contribution in [-0.4, -0.2) is 22.6 Å². The van der Waals surface area contributed by atoms with E-state index in [-0.39, 0.29) is 11.0 Å². The molecule has 0 aliphatic rings. The van der Waals surface area contributed by atoms with Crippen molar-refractivity contribution in [2.45, 2.75) is 19.8 Å². The number of thiocarbonyl (C=S) groups is 1. The number of hydrazine groups is 1. The second kappa shape index (κ2) is 6.67. The van der Waals surface area contributed by atoms with Crippen LogP contribution in [0.5, 0.6) is 0 Å². The van der Waals surface area contributed by atoms with Gasteiger partial charge in [-0.05, 0) is 24.7 Å². The maximum atomic E-state index is 12.3. The number of thiophene rings is 1. The number of hydrogen-bond acceptors (Lipinski definition) is 3. The Morgan fingerprint density at radius 2 is 2.20 bits per heavy atom. The van der Waals surface area contributed by atoms with E-state index in [1.165, 1.54) is 5.01 Å². The van der Waals surface area contributed by atoms with E-state index in [2.05, 4.69) is 12.3 Å². The van der Waals surface area contributed by atoms with Crippen molar-refractivity contribution in [2.75, 3.05) is 6.54 Å². The van der Waals surface area contributed by atoms with Crippen molar-refractivity contribution in [1.82, 2.24) is 10.4 Å². The van der Waals surface area contributed by atoms with E-state index < -0.39 is 0 Å². The van der Waals surface area contributed by atoms with Gasteiger partial charge in [-0.15, -0.1) is 11.3 Å². The fourth-order valence-corrected chi connectivity index (χ4v) is 2.95. The monoisotopic (exact) mass is 307 g/mol. The molecule has 0 bridgehead atoms. The zero-order valence-corrected chi connectivity index (χ0v) is 12.9. The third kappa shape index (κ3) is 3.26. The highest BCUT2D eigenvalue weighted by atomic mass is 32.1. The summed E-state index contributed by atoms with van der Waals surface area (Å²) in [7, 11) is 0. The summed E-state index contributed by atoms with van der Waals surface area (Å²) in [4.78, 5) is 12.3. The van der Waals surface area contributed by atoms with Crippen LogP contribution in [0.2, 0.25) is 0 Å². The Balaban J connectivity index is 2.16. The van der Waals surface area contributed by atoms with E-state index in [9.17, 15) is 4.79 Å². The second-order valence-corrected chi connectivity index (χ2v) is 5.76. The molecule has 20 heavy (non-hydrogen) atoms. The lowest BCUT2D eigenvalue weighted by molar-refractivity contribution is 0.0872. The minimum atomic E-state index is -0.175. The lowest BCUT2D eigenvalue weighted by atomic mass is 10.2. The third-order valence-corrected chi connectivity index (χ3v) is 4.15. The Morgan fingerprint density at radius 1 is 1.45 bits per heavy atom. The van der Waals surface area contributed by atoms with Crippen molar-refractivity contribution in [3.8, 4) is 0 Å². The first kappa shape index (κ1) is 14.7. The van der Waals surface area contributed by atoms with Crippen molar-refractivity contribution in [2.24, 2.45) is 5.73 Å². The normalized spacial score (nSPS) is 10.4. The van der Waals surface area contributed by atoms with E-state index in [4.69, 9.17) is 18.0 Å². The zero-order chi connectivity index (χ0) is 14.5. The van der Waals surface area contributed by atoms with Gasteiger partial charge in [0.1, 0.15) is 0 Å². The topological polar surface area (TPSA) is 58.4 Å². The molecule has 4 nitrogen and oxygen atoms in total. The largest absolute Gasteiger partial charge is 0.375 e. The molecule has 0 aliphatic heterocycles. The van der Waals surface area contributed by atoms with Crippen LogP contribution >= 0.6 is 23.6 Å². The van der Waals surface area contributed by atoms with Gasteiger partial charge in [-0.1, -0.05) is 31.5 Å². The van der Waals surface area contributed by atoms with Crippen LogP contribution < -0.4 is 11.2 Å². The highest BCUT2D eigenvalue weighted by Gasteiger charge is 2.15. The molecular formula is C14H17N3OS2. The van der Waals surface area contributed by atoms with Crippen molar-refractivity contribution >= 4 is 44.7 Å². The number of fused-ring (bicyclic) bond motifs is 1. The molecule has 6 heteroatoms. The molecule has 1 aromatic carbocycles. The van der Waals surface area contributed by atoms with Crippen molar-refractivity contribution in [3.05, 3.63) is 35.2 Å². The Bertz CT molecular complexity index is 624. The Kier molecular flexibility index (Phi) is 4.92. The van der Waals surface area contributed by atoms with Crippen molar-refractivity contribution < 1.29 is 4.79 Å². The molecule has 0 spiro atoms. The Hall–Kier alpha value is -1.66. The molecule has 0 saturated carbocycles. The number of amides is 1. The van der Waals surface area contributed by atoms with E-state index in [1.807, 2.05) is 29.6 Å². The summed E-state index contributed by atoms with van der Waals surface area (Å²) in [5, 5.41) is 4.53. The average Bonchev–Trinajstić information content (AvgIpc) is 2.87. The number of nitrogens with zero attached hydrogens (tertiary/aromatic N) is 1. The highest BCUT2D eigenvalue weighted by molar-refractivity contribution is 7.80. The van der Waals surface area contributed by atoms with Crippen LogP contribution in [0.15, 0.2) is 29.6 Å². The minimum absolute atomic E-state index is 0.175. The smallest absolute Gasteiger partial charge is 0.271 e. The van der Waals surface area contributed by atoms with Gasteiger partial charge >= 0.3 is 0 Å². The second-order valence-electron chi connectivity index (χ2n) is 4.43. The van der Waals surface area contributed by atoms with Crippen molar-refractivity contribution in [3.63, 3.8) is 0 Å². The first-order valence-electron chi connectivity index (χ1n) is 6.47. The van der Waals surface area contributed by atoms with Crippen LogP contribution in [-0.2, 0) is 0 Å². The quantitative estimate of drug-likeness (QED) is 0.673. The molecule has 1 heterocycles. The van der Waals surface area contributed by atoms with Gasteiger partial charge in [-0.25, -0.2) is 0 Å². The van der Waals surface area contributed by atoms with Crippen LogP contribution in [0, 0.1) is 0 Å². The van der Waals surface area contributed by atoms with Gasteiger partial charge in [0.2, 0.25) is 0 Å². The molecule has 0 radical (unpaired) electrons. The number of rotatable bonds is 4. The lowest BCUT2D eigenvalue weighted by Gasteiger charge is -2.22. The van der Waals surface area contributed by atoms with Crippen LogP contribution in [0.1, 0.15) is 30.1 Å². The molecule has 0 aliphatic carbocycles. The molecule has 106 valence electrons. The summed E-state index contributed by atoms with van der Waals surface area (Å²) in [5.41, 5.74) is 9.07. The number of benzene rings is 1. The molecule has 3 N–H and O–H groups in total. The lowest BCUT2D eigenvalue weighted by Crippen LogP contribution is -2.49. The van der Waals surface area contributed by atoms with Gasteiger partial charge in [-0.2, -0.15) is 0 Å². The van der Waals surface area contributed by atoms with Gasteiger partial charge in [0.15, 0.2) is 5.11 Å². The van der Waals surface area contributed by atoms with Gasteiger partial charge in [-0.3, -0.25) is 15.2 Å². The summed E-state index contributed by atoms with van der Waals surface area (Å²) >= 11 is 6.52. The van der Waals surface area contributed by atoms with E-state index in [1.54, 1.807) is 11.3 Å². The van der Waals surface area contributed by atoms with E-state index >= 15 is 0 Å². The molecule has 0 atom stereocenters. The van der Waals surface area contributed by atoms with Gasteiger partial charge in [0, 0.05) is 22.0 Å². The number of hydrogen-bond donors (Lipinski definition) is 2. The maximum Gasteiger partial charge on any atom is 0.271 e. The SMILES string of the molecule is CCCCN(NC(=O)c1csc2ccccc12)C(N)=S. The summed E-state index contributed by atoms with van der Waals surface area (Å²) in [6, 6.07) is 7.83. The molecule has 1 amide bonds. The molecule has 0 fully saturated rings. The average molecular weight is 307 g/mol. The number of carbonyl (C=O) groups is 1. The summed E-state index contributed by atoms with van der Waals surface area (Å²) in [6.07, 6.45) is 1.93. The van der Waals surface area contributed by atoms with Gasteiger partial charge in [0.25, 0.3) is 5.91 Å². The van der Waals surface area contributed by atoms with Crippen molar-refractivity contribution in [1.29, 1.82) is 0 Å². The Morgan fingerprint density at radius 3 is 2.90 bits per heavy atom. The summed E-state index contributed by atoms with van der Waals surface area (Å²) in [5.74, 6) is -0.175. The number of nitrogens with two attached hydrogens (primary N) is 1.